The Balaban J connectivity index is 2.36. The van der Waals surface area contributed by atoms with Gasteiger partial charge in [0.2, 0.25) is 5.88 Å². The smallest absolute Gasteiger partial charge is 0.233 e. The summed E-state index contributed by atoms with van der Waals surface area (Å²) in [7, 11) is 0. The first kappa shape index (κ1) is 16.2. The maximum Gasteiger partial charge on any atom is 0.233 e. The number of unbranched alkanes of at least 4 members (excludes halogenated alkanes) is 4. The van der Waals surface area contributed by atoms with Gasteiger partial charge in [0.1, 0.15) is 16.6 Å². The number of nitrogens with zero attached hydrogens (tertiary/aromatic N) is 2. The van der Waals surface area contributed by atoms with Crippen molar-refractivity contribution in [2.24, 2.45) is 0 Å². The summed E-state index contributed by atoms with van der Waals surface area (Å²) in [4.78, 5) is 8.36. The minimum atomic E-state index is 0.629. The van der Waals surface area contributed by atoms with Crippen LogP contribution in [0.3, 0.4) is 0 Å². The van der Waals surface area contributed by atoms with Crippen LogP contribution in [-0.2, 0) is 0 Å². The predicted octanol–water partition coefficient (Wildman–Crippen LogP) is 4.41. The van der Waals surface area contributed by atoms with Crippen molar-refractivity contribution < 1.29 is 4.74 Å². The van der Waals surface area contributed by atoms with E-state index < -0.39 is 0 Å². The van der Waals surface area contributed by atoms with Crippen LogP contribution in [0.25, 0.3) is 0 Å². The Morgan fingerprint density at radius 1 is 1.11 bits per heavy atom. The lowest BCUT2D eigenvalue weighted by Gasteiger charge is -2.10. The van der Waals surface area contributed by atoms with Gasteiger partial charge < -0.3 is 10.1 Å². The summed E-state index contributed by atoms with van der Waals surface area (Å²) >= 11 is 3.49. The summed E-state index contributed by atoms with van der Waals surface area (Å²) in [5, 5.41) is 3.24. The zero-order chi connectivity index (χ0) is 13.9. The summed E-state index contributed by atoms with van der Waals surface area (Å²) in [6.45, 7) is 5.95. The molecule has 108 valence electrons. The Bertz CT molecular complexity index is 361. The third-order valence-electron chi connectivity index (χ3n) is 2.79. The molecule has 0 bridgehead atoms. The number of hydrogen-bond donors (Lipinski definition) is 1. The molecule has 0 atom stereocenters. The van der Waals surface area contributed by atoms with Gasteiger partial charge in [-0.2, -0.15) is 0 Å². The van der Waals surface area contributed by atoms with E-state index in [-0.39, 0.29) is 0 Å². The summed E-state index contributed by atoms with van der Waals surface area (Å²) in [5.74, 6) is 1.43. The molecule has 19 heavy (non-hydrogen) atoms. The number of nitrogens with one attached hydrogen (secondary N) is 1. The largest absolute Gasteiger partial charge is 0.477 e. The first-order valence-corrected chi connectivity index (χ1v) is 7.96. The van der Waals surface area contributed by atoms with Crippen LogP contribution in [0.1, 0.15) is 52.4 Å². The van der Waals surface area contributed by atoms with Crippen LogP contribution < -0.4 is 10.1 Å². The Morgan fingerprint density at radius 2 is 1.89 bits per heavy atom. The van der Waals surface area contributed by atoms with Gasteiger partial charge in [-0.3, -0.25) is 0 Å². The van der Waals surface area contributed by atoms with E-state index in [2.05, 4.69) is 45.1 Å². The molecule has 0 aliphatic heterocycles. The van der Waals surface area contributed by atoms with Gasteiger partial charge in [-0.05, 0) is 28.8 Å². The predicted molar refractivity (Wildman–Crippen MR) is 82.8 cm³/mol. The van der Waals surface area contributed by atoms with E-state index in [1.165, 1.54) is 32.0 Å². The number of hydrogen-bond acceptors (Lipinski definition) is 4. The second kappa shape index (κ2) is 10.0. The fourth-order valence-electron chi connectivity index (χ4n) is 1.70. The molecule has 0 aromatic carbocycles. The highest BCUT2D eigenvalue weighted by atomic mass is 79.9. The van der Waals surface area contributed by atoms with Crippen molar-refractivity contribution in [2.75, 3.05) is 18.5 Å². The molecule has 4 nitrogen and oxygen atoms in total. The van der Waals surface area contributed by atoms with E-state index in [1.54, 1.807) is 0 Å². The second-order valence-corrected chi connectivity index (χ2v) is 5.32. The molecular weight excluding hydrogens is 306 g/mol. The van der Waals surface area contributed by atoms with Gasteiger partial charge in [-0.25, -0.2) is 9.97 Å². The van der Waals surface area contributed by atoms with Crippen molar-refractivity contribution in [3.05, 3.63) is 10.8 Å². The van der Waals surface area contributed by atoms with Crippen LogP contribution in [0.4, 0.5) is 5.82 Å². The van der Waals surface area contributed by atoms with Crippen molar-refractivity contribution >= 4 is 21.7 Å². The van der Waals surface area contributed by atoms with E-state index in [9.17, 15) is 0 Å². The van der Waals surface area contributed by atoms with Crippen molar-refractivity contribution in [3.8, 4) is 5.88 Å². The molecule has 0 saturated carbocycles. The van der Waals surface area contributed by atoms with Crippen molar-refractivity contribution in [3.63, 3.8) is 0 Å². The molecule has 0 radical (unpaired) electrons. The molecule has 1 rings (SSSR count). The summed E-state index contributed by atoms with van der Waals surface area (Å²) in [5.41, 5.74) is 0. The third kappa shape index (κ3) is 6.23. The zero-order valence-electron chi connectivity index (χ0n) is 11.9. The molecule has 0 aliphatic rings. The van der Waals surface area contributed by atoms with Gasteiger partial charge in [-0.15, -0.1) is 0 Å². The fraction of sp³-hybridized carbons (Fsp3) is 0.714. The van der Waals surface area contributed by atoms with Crippen molar-refractivity contribution in [1.29, 1.82) is 0 Å². The van der Waals surface area contributed by atoms with E-state index >= 15 is 0 Å². The lowest BCUT2D eigenvalue weighted by molar-refractivity contribution is 0.291. The van der Waals surface area contributed by atoms with Gasteiger partial charge >= 0.3 is 0 Å². The van der Waals surface area contributed by atoms with E-state index in [1.807, 2.05) is 0 Å². The Kier molecular flexibility index (Phi) is 8.54. The van der Waals surface area contributed by atoms with Crippen LogP contribution in [0.15, 0.2) is 10.8 Å². The molecule has 0 unspecified atom stereocenters. The number of halogens is 1. The first-order chi connectivity index (χ1) is 9.29. The number of anilines is 1. The molecule has 1 heterocycles. The Labute approximate surface area is 124 Å². The number of aromatic nitrogens is 2. The molecule has 0 amide bonds. The molecule has 1 aromatic rings. The van der Waals surface area contributed by atoms with E-state index in [4.69, 9.17) is 4.74 Å². The zero-order valence-corrected chi connectivity index (χ0v) is 13.5. The minimum Gasteiger partial charge on any atom is -0.477 e. The van der Waals surface area contributed by atoms with Gasteiger partial charge in [-0.1, -0.05) is 39.5 Å². The highest BCUT2D eigenvalue weighted by Gasteiger charge is 2.09. The van der Waals surface area contributed by atoms with Crippen LogP contribution in [-0.4, -0.2) is 23.1 Å². The van der Waals surface area contributed by atoms with Gasteiger partial charge in [0, 0.05) is 6.54 Å². The molecule has 1 aromatic heterocycles. The van der Waals surface area contributed by atoms with E-state index in [0.29, 0.717) is 12.5 Å². The fourth-order valence-corrected chi connectivity index (χ4v) is 2.15. The summed E-state index contributed by atoms with van der Waals surface area (Å²) < 4.78 is 6.52. The lowest BCUT2D eigenvalue weighted by atomic mass is 10.2. The average Bonchev–Trinajstić information content (AvgIpc) is 2.43. The van der Waals surface area contributed by atoms with Crippen molar-refractivity contribution in [1.82, 2.24) is 9.97 Å². The number of rotatable bonds is 10. The molecule has 0 saturated heterocycles. The molecular formula is C14H24BrN3O. The molecule has 0 aliphatic carbocycles. The minimum absolute atomic E-state index is 0.629. The molecule has 0 spiro atoms. The SMILES string of the molecule is CCCCCCCOc1ncnc(NCCC)c1Br. The topological polar surface area (TPSA) is 47.0 Å². The third-order valence-corrected chi connectivity index (χ3v) is 3.50. The highest BCUT2D eigenvalue weighted by Crippen LogP contribution is 2.28. The van der Waals surface area contributed by atoms with E-state index in [0.717, 1.165) is 29.7 Å². The van der Waals surface area contributed by atoms with Crippen LogP contribution >= 0.6 is 15.9 Å². The second-order valence-electron chi connectivity index (χ2n) is 4.53. The summed E-state index contributed by atoms with van der Waals surface area (Å²) in [6, 6.07) is 0. The van der Waals surface area contributed by atoms with Gasteiger partial charge in [0.25, 0.3) is 0 Å². The Morgan fingerprint density at radius 3 is 2.63 bits per heavy atom. The summed E-state index contributed by atoms with van der Waals surface area (Å²) in [6.07, 6.45) is 8.76. The highest BCUT2D eigenvalue weighted by molar-refractivity contribution is 9.10. The standard InChI is InChI=1S/C14H24BrN3O/c1-3-5-6-7-8-10-19-14-12(15)13(16-9-4-2)17-11-18-14/h11H,3-10H2,1-2H3,(H,16,17,18). The molecule has 1 N–H and O–H groups in total. The lowest BCUT2D eigenvalue weighted by Crippen LogP contribution is -2.06. The van der Waals surface area contributed by atoms with Gasteiger partial charge in [0.15, 0.2) is 0 Å². The molecule has 5 heteroatoms. The maximum absolute atomic E-state index is 5.70. The quantitative estimate of drug-likeness (QED) is 0.646. The van der Waals surface area contributed by atoms with Crippen LogP contribution in [0.5, 0.6) is 5.88 Å². The van der Waals surface area contributed by atoms with Gasteiger partial charge in [0.05, 0.1) is 6.61 Å². The average molecular weight is 330 g/mol. The monoisotopic (exact) mass is 329 g/mol. The van der Waals surface area contributed by atoms with Crippen LogP contribution in [0, 0.1) is 0 Å². The van der Waals surface area contributed by atoms with Crippen molar-refractivity contribution in [2.45, 2.75) is 52.4 Å². The maximum atomic E-state index is 5.70. The van der Waals surface area contributed by atoms with Crippen LogP contribution in [0.2, 0.25) is 0 Å². The molecule has 0 fully saturated rings. The normalized spacial score (nSPS) is 10.5. The first-order valence-electron chi connectivity index (χ1n) is 7.16. The number of ether oxygens (including phenoxy) is 1. The Hall–Kier alpha value is -0.840.